The van der Waals surface area contributed by atoms with Crippen LogP contribution in [0.15, 0.2) is 0 Å². The predicted molar refractivity (Wildman–Crippen MR) is 85.9 cm³/mol. The molecule has 0 aromatic rings. The number of rotatable bonds is 3. The molecule has 0 aromatic carbocycles. The average Bonchev–Trinajstić information content (AvgIpc) is 2.24. The minimum Gasteiger partial charge on any atom is -0.303 e. The van der Waals surface area contributed by atoms with Crippen LogP contribution in [0.3, 0.4) is 0 Å². The van der Waals surface area contributed by atoms with E-state index in [4.69, 9.17) is 0 Å². The van der Waals surface area contributed by atoms with Gasteiger partial charge in [0.05, 0.1) is 0 Å². The molecule has 1 heterocycles. The van der Waals surface area contributed by atoms with Gasteiger partial charge in [-0.25, -0.2) is 15.0 Å². The molecule has 20 heavy (non-hydrogen) atoms. The van der Waals surface area contributed by atoms with Crippen LogP contribution >= 0.6 is 0 Å². The molecular formula is C15H35N5. The molecule has 2 unspecified atom stereocenters. The lowest BCUT2D eigenvalue weighted by atomic mass is 10.2. The SMILES string of the molecule is CC(C)N1C(C)CN(C)CC(C)N(C(C)C)N1N(C)C. The molecule has 0 bridgehead atoms. The highest BCUT2D eigenvalue weighted by molar-refractivity contribution is 4.80. The van der Waals surface area contributed by atoms with Gasteiger partial charge in [0.15, 0.2) is 0 Å². The molecule has 1 aliphatic heterocycles. The maximum absolute atomic E-state index is 2.49. The fraction of sp³-hybridized carbons (Fsp3) is 1.00. The summed E-state index contributed by atoms with van der Waals surface area (Å²) in [5.41, 5.74) is 0. The third-order valence-corrected chi connectivity index (χ3v) is 3.88. The summed E-state index contributed by atoms with van der Waals surface area (Å²) in [7, 11) is 6.50. The van der Waals surface area contributed by atoms with E-state index < -0.39 is 0 Å². The fourth-order valence-corrected chi connectivity index (χ4v) is 3.46. The summed E-state index contributed by atoms with van der Waals surface area (Å²) in [6.07, 6.45) is 0. The summed E-state index contributed by atoms with van der Waals surface area (Å²) < 4.78 is 0. The van der Waals surface area contributed by atoms with E-state index in [-0.39, 0.29) is 0 Å². The third-order valence-electron chi connectivity index (χ3n) is 3.88. The van der Waals surface area contributed by atoms with Crippen molar-refractivity contribution in [3.63, 3.8) is 0 Å². The van der Waals surface area contributed by atoms with E-state index in [1.807, 2.05) is 0 Å². The minimum absolute atomic E-state index is 0.465. The first-order chi connectivity index (χ1) is 9.16. The Hall–Kier alpha value is -0.200. The molecule has 0 spiro atoms. The molecule has 120 valence electrons. The van der Waals surface area contributed by atoms with E-state index in [0.717, 1.165) is 13.1 Å². The lowest BCUT2D eigenvalue weighted by Gasteiger charge is -2.55. The van der Waals surface area contributed by atoms with Crippen molar-refractivity contribution in [2.45, 2.75) is 65.7 Å². The molecular weight excluding hydrogens is 250 g/mol. The van der Waals surface area contributed by atoms with Crippen LogP contribution in [-0.2, 0) is 0 Å². The maximum Gasteiger partial charge on any atom is 0.0375 e. The zero-order chi connectivity index (χ0) is 15.6. The van der Waals surface area contributed by atoms with Gasteiger partial charge in [-0.1, -0.05) is 0 Å². The van der Waals surface area contributed by atoms with Gasteiger partial charge in [-0.2, -0.15) is 0 Å². The van der Waals surface area contributed by atoms with Gasteiger partial charge < -0.3 is 4.90 Å². The second-order valence-electron chi connectivity index (χ2n) is 6.98. The number of hydrazine groups is 3. The lowest BCUT2D eigenvalue weighted by molar-refractivity contribution is -0.340. The molecule has 0 amide bonds. The Balaban J connectivity index is 3.21. The van der Waals surface area contributed by atoms with Crippen molar-refractivity contribution >= 4 is 0 Å². The molecule has 1 saturated heterocycles. The molecule has 0 aliphatic carbocycles. The highest BCUT2D eigenvalue weighted by atomic mass is 16.0. The highest BCUT2D eigenvalue weighted by Gasteiger charge is 2.37. The topological polar surface area (TPSA) is 16.2 Å². The highest BCUT2D eigenvalue weighted by Crippen LogP contribution is 2.22. The Kier molecular flexibility index (Phi) is 6.41. The van der Waals surface area contributed by atoms with Gasteiger partial charge in [0.1, 0.15) is 0 Å². The quantitative estimate of drug-likeness (QED) is 0.783. The van der Waals surface area contributed by atoms with Gasteiger partial charge in [-0.15, -0.1) is 5.23 Å². The number of likely N-dealkylation sites (N-methyl/N-ethyl adjacent to an activating group) is 1. The van der Waals surface area contributed by atoms with Crippen LogP contribution in [0.25, 0.3) is 0 Å². The summed E-state index contributed by atoms with van der Waals surface area (Å²) in [6, 6.07) is 1.90. The summed E-state index contributed by atoms with van der Waals surface area (Å²) in [5.74, 6) is 0. The van der Waals surface area contributed by atoms with Crippen molar-refractivity contribution in [2.75, 3.05) is 34.2 Å². The number of hydrogen-bond donors (Lipinski definition) is 0. The minimum atomic E-state index is 0.465. The molecule has 5 heteroatoms. The zero-order valence-corrected chi connectivity index (χ0v) is 15.0. The van der Waals surface area contributed by atoms with Gasteiger partial charge in [-0.05, 0) is 48.6 Å². The van der Waals surface area contributed by atoms with Crippen molar-refractivity contribution in [3.8, 4) is 0 Å². The van der Waals surface area contributed by atoms with Gasteiger partial charge in [0.25, 0.3) is 0 Å². The molecule has 1 aliphatic rings. The monoisotopic (exact) mass is 285 g/mol. The van der Waals surface area contributed by atoms with E-state index in [0.29, 0.717) is 24.2 Å². The van der Waals surface area contributed by atoms with E-state index in [2.05, 4.69) is 87.8 Å². The van der Waals surface area contributed by atoms with Crippen LogP contribution in [0.5, 0.6) is 0 Å². The Morgan fingerprint density at radius 2 is 1.20 bits per heavy atom. The largest absolute Gasteiger partial charge is 0.303 e. The fourth-order valence-electron chi connectivity index (χ4n) is 3.46. The Morgan fingerprint density at radius 3 is 1.45 bits per heavy atom. The van der Waals surface area contributed by atoms with Crippen LogP contribution < -0.4 is 0 Å². The molecule has 1 fully saturated rings. The van der Waals surface area contributed by atoms with E-state index in [9.17, 15) is 0 Å². The molecule has 5 nitrogen and oxygen atoms in total. The molecule has 0 radical (unpaired) electrons. The first-order valence-electron chi connectivity index (χ1n) is 7.89. The standard InChI is InChI=1S/C15H35N5/c1-12(2)18-14(5)10-17(9)11-15(6)19(13(3)4)20(18)16(7)8/h12-15H,10-11H2,1-9H3. The summed E-state index contributed by atoms with van der Waals surface area (Å²) in [6.45, 7) is 15.9. The zero-order valence-electron chi connectivity index (χ0n) is 15.0. The third kappa shape index (κ3) is 3.92. The Bertz CT molecular complexity index is 268. The van der Waals surface area contributed by atoms with E-state index in [1.54, 1.807) is 0 Å². The van der Waals surface area contributed by atoms with Crippen molar-refractivity contribution in [3.05, 3.63) is 0 Å². The van der Waals surface area contributed by atoms with Crippen molar-refractivity contribution < 1.29 is 0 Å². The smallest absolute Gasteiger partial charge is 0.0375 e. The van der Waals surface area contributed by atoms with Crippen molar-refractivity contribution in [2.24, 2.45) is 0 Å². The van der Waals surface area contributed by atoms with Crippen LogP contribution in [0.1, 0.15) is 41.5 Å². The van der Waals surface area contributed by atoms with Crippen molar-refractivity contribution in [1.29, 1.82) is 0 Å². The van der Waals surface area contributed by atoms with E-state index in [1.165, 1.54) is 0 Å². The van der Waals surface area contributed by atoms with Gasteiger partial charge in [0, 0.05) is 51.4 Å². The van der Waals surface area contributed by atoms with E-state index >= 15 is 0 Å². The maximum atomic E-state index is 2.49. The summed E-state index contributed by atoms with van der Waals surface area (Å²) >= 11 is 0. The lowest BCUT2D eigenvalue weighted by Crippen LogP contribution is -2.70. The van der Waals surface area contributed by atoms with Gasteiger partial charge in [-0.3, -0.25) is 0 Å². The van der Waals surface area contributed by atoms with Crippen LogP contribution in [0.2, 0.25) is 0 Å². The molecule has 0 aromatic heterocycles. The van der Waals surface area contributed by atoms with Crippen molar-refractivity contribution in [1.82, 2.24) is 25.2 Å². The van der Waals surface area contributed by atoms with Crippen LogP contribution in [0, 0.1) is 0 Å². The second kappa shape index (κ2) is 7.18. The molecule has 0 saturated carbocycles. The molecule has 2 atom stereocenters. The van der Waals surface area contributed by atoms with Crippen LogP contribution in [-0.4, -0.2) is 83.6 Å². The normalized spacial score (nSPS) is 29.4. The van der Waals surface area contributed by atoms with Gasteiger partial charge in [0.2, 0.25) is 0 Å². The summed E-state index contributed by atoms with van der Waals surface area (Å²) in [4.78, 5) is 2.45. The Labute approximate surface area is 126 Å². The average molecular weight is 285 g/mol. The first-order valence-corrected chi connectivity index (χ1v) is 7.89. The first kappa shape index (κ1) is 17.9. The predicted octanol–water partition coefficient (Wildman–Crippen LogP) is 1.74. The Morgan fingerprint density at radius 1 is 0.850 bits per heavy atom. The second-order valence-corrected chi connectivity index (χ2v) is 6.98. The molecule has 1 rings (SSSR count). The summed E-state index contributed by atoms with van der Waals surface area (Å²) in [5, 5.41) is 9.55. The van der Waals surface area contributed by atoms with Crippen LogP contribution in [0.4, 0.5) is 0 Å². The number of nitrogens with zero attached hydrogens (tertiary/aromatic N) is 5. The molecule has 0 N–H and O–H groups in total. The van der Waals surface area contributed by atoms with Gasteiger partial charge >= 0.3 is 0 Å². The number of hydrogen-bond acceptors (Lipinski definition) is 5.